The van der Waals surface area contributed by atoms with Gasteiger partial charge in [-0.15, -0.1) is 0 Å². The second-order valence-corrected chi connectivity index (χ2v) is 6.32. The Morgan fingerprint density at radius 1 is 1.08 bits per heavy atom. The lowest BCUT2D eigenvalue weighted by Crippen LogP contribution is -2.03. The maximum absolute atomic E-state index is 6.05. The molecule has 0 saturated heterocycles. The summed E-state index contributed by atoms with van der Waals surface area (Å²) in [5, 5.41) is 3.93. The van der Waals surface area contributed by atoms with E-state index in [2.05, 4.69) is 31.6 Å². The van der Waals surface area contributed by atoms with Crippen LogP contribution in [0.25, 0.3) is 0 Å². The van der Waals surface area contributed by atoms with Gasteiger partial charge in [0.15, 0.2) is 0 Å². The summed E-state index contributed by atoms with van der Waals surface area (Å²) >= 11 is 0. The van der Waals surface area contributed by atoms with Gasteiger partial charge < -0.3 is 14.3 Å². The molecule has 0 heterocycles. The van der Waals surface area contributed by atoms with Gasteiger partial charge in [0.1, 0.15) is 24.7 Å². The minimum Gasteiger partial charge on any atom is -0.493 e. The summed E-state index contributed by atoms with van der Waals surface area (Å²) in [5.74, 6) is 1.89. The Hall–Kier alpha value is -1.97. The number of benzene rings is 1. The largest absolute Gasteiger partial charge is 0.493 e. The highest BCUT2D eigenvalue weighted by molar-refractivity contribution is 5.78. The number of rotatable bonds is 13. The van der Waals surface area contributed by atoms with E-state index in [1.807, 2.05) is 19.9 Å². The van der Waals surface area contributed by atoms with Gasteiger partial charge in [0.2, 0.25) is 0 Å². The SMILES string of the molecule is C=CCOc1cc(C)c(OCCCCCCON=C(C)C)c(CC)c1. The number of ether oxygens (including phenoxy) is 2. The van der Waals surface area contributed by atoms with E-state index >= 15 is 0 Å². The fourth-order valence-corrected chi connectivity index (χ4v) is 2.49. The van der Waals surface area contributed by atoms with Crippen molar-refractivity contribution in [1.82, 2.24) is 0 Å². The molecule has 0 saturated carbocycles. The van der Waals surface area contributed by atoms with E-state index in [0.717, 1.165) is 61.5 Å². The van der Waals surface area contributed by atoms with Gasteiger partial charge in [-0.25, -0.2) is 0 Å². The molecule has 0 atom stereocenters. The van der Waals surface area contributed by atoms with E-state index in [-0.39, 0.29) is 0 Å². The summed E-state index contributed by atoms with van der Waals surface area (Å²) < 4.78 is 11.7. The van der Waals surface area contributed by atoms with Crippen LogP contribution >= 0.6 is 0 Å². The maximum Gasteiger partial charge on any atom is 0.125 e. The zero-order valence-corrected chi connectivity index (χ0v) is 16.3. The normalized spacial score (nSPS) is 10.2. The standard InChI is InChI=1S/C21H33NO3/c1-6-12-23-20-15-18(5)21(19(7-2)16-20)24-13-10-8-9-11-14-25-22-17(3)4/h6,15-16H,1,7-14H2,2-5H3. The topological polar surface area (TPSA) is 40.0 Å². The fraction of sp³-hybridized carbons (Fsp3) is 0.571. The Bertz CT molecular complexity index is 548. The molecule has 0 aliphatic heterocycles. The van der Waals surface area contributed by atoms with E-state index in [1.54, 1.807) is 6.08 Å². The second-order valence-electron chi connectivity index (χ2n) is 6.32. The summed E-state index contributed by atoms with van der Waals surface area (Å²) in [5.41, 5.74) is 3.27. The minimum atomic E-state index is 0.523. The predicted octanol–water partition coefficient (Wildman–Crippen LogP) is 5.47. The number of hydrogen-bond acceptors (Lipinski definition) is 4. The van der Waals surface area contributed by atoms with Crippen LogP contribution in [0.15, 0.2) is 29.9 Å². The number of unbranched alkanes of at least 4 members (excludes halogenated alkanes) is 3. The van der Waals surface area contributed by atoms with Gasteiger partial charge in [-0.3, -0.25) is 0 Å². The molecule has 4 nitrogen and oxygen atoms in total. The van der Waals surface area contributed by atoms with Crippen molar-refractivity contribution < 1.29 is 14.3 Å². The molecule has 0 N–H and O–H groups in total. The summed E-state index contributed by atoms with van der Waals surface area (Å²) in [6, 6.07) is 4.10. The van der Waals surface area contributed by atoms with E-state index in [4.69, 9.17) is 14.3 Å². The third kappa shape index (κ3) is 8.62. The summed E-state index contributed by atoms with van der Waals surface area (Å²) in [7, 11) is 0. The van der Waals surface area contributed by atoms with Crippen LogP contribution in [0.2, 0.25) is 0 Å². The van der Waals surface area contributed by atoms with Gasteiger partial charge in [-0.1, -0.05) is 24.7 Å². The van der Waals surface area contributed by atoms with Crippen LogP contribution < -0.4 is 9.47 Å². The molecule has 4 heteroatoms. The van der Waals surface area contributed by atoms with Crippen molar-refractivity contribution in [3.05, 3.63) is 35.9 Å². The molecule has 0 fully saturated rings. The summed E-state index contributed by atoms with van der Waals surface area (Å²) in [6.45, 7) is 13.7. The number of oxime groups is 1. The van der Waals surface area contributed by atoms with Crippen molar-refractivity contribution in [2.45, 2.75) is 59.8 Å². The Morgan fingerprint density at radius 2 is 1.80 bits per heavy atom. The maximum atomic E-state index is 6.05. The lowest BCUT2D eigenvalue weighted by Gasteiger charge is -2.15. The molecule has 0 amide bonds. The third-order valence-electron chi connectivity index (χ3n) is 3.70. The molecule has 0 spiro atoms. The second kappa shape index (κ2) is 12.4. The van der Waals surface area contributed by atoms with Crippen molar-refractivity contribution in [2.75, 3.05) is 19.8 Å². The third-order valence-corrected chi connectivity index (χ3v) is 3.70. The smallest absolute Gasteiger partial charge is 0.125 e. The van der Waals surface area contributed by atoms with Gasteiger partial charge in [0, 0.05) is 0 Å². The van der Waals surface area contributed by atoms with Gasteiger partial charge in [0.25, 0.3) is 0 Å². The molecule has 0 aliphatic rings. The molecule has 0 radical (unpaired) electrons. The van der Waals surface area contributed by atoms with Gasteiger partial charge in [0.05, 0.1) is 12.3 Å². The first-order valence-electron chi connectivity index (χ1n) is 9.21. The van der Waals surface area contributed by atoms with Crippen molar-refractivity contribution >= 4 is 5.71 Å². The molecule has 0 aromatic heterocycles. The number of aryl methyl sites for hydroxylation is 2. The molecule has 0 bridgehead atoms. The zero-order valence-electron chi connectivity index (χ0n) is 16.3. The van der Waals surface area contributed by atoms with E-state index in [1.165, 1.54) is 5.56 Å². The lowest BCUT2D eigenvalue weighted by atomic mass is 10.1. The average molecular weight is 347 g/mol. The Morgan fingerprint density at radius 3 is 2.44 bits per heavy atom. The van der Waals surface area contributed by atoms with Crippen molar-refractivity contribution in [1.29, 1.82) is 0 Å². The average Bonchev–Trinajstić information content (AvgIpc) is 2.59. The minimum absolute atomic E-state index is 0.523. The van der Waals surface area contributed by atoms with Gasteiger partial charge in [-0.2, -0.15) is 0 Å². The first-order chi connectivity index (χ1) is 12.1. The monoisotopic (exact) mass is 347 g/mol. The van der Waals surface area contributed by atoms with Crippen LogP contribution in [0.4, 0.5) is 0 Å². The quantitative estimate of drug-likeness (QED) is 0.205. The summed E-state index contributed by atoms with van der Waals surface area (Å²) in [6.07, 6.45) is 7.04. The number of nitrogens with zero attached hydrogens (tertiary/aromatic N) is 1. The van der Waals surface area contributed by atoms with E-state index in [9.17, 15) is 0 Å². The van der Waals surface area contributed by atoms with E-state index < -0.39 is 0 Å². The molecule has 0 aliphatic carbocycles. The molecular weight excluding hydrogens is 314 g/mol. The van der Waals surface area contributed by atoms with E-state index in [0.29, 0.717) is 13.2 Å². The summed E-state index contributed by atoms with van der Waals surface area (Å²) in [4.78, 5) is 5.19. The highest BCUT2D eigenvalue weighted by atomic mass is 16.6. The van der Waals surface area contributed by atoms with Crippen LogP contribution in [-0.4, -0.2) is 25.5 Å². The van der Waals surface area contributed by atoms with Gasteiger partial charge >= 0.3 is 0 Å². The molecular formula is C21H33NO3. The molecule has 1 rings (SSSR count). The molecule has 1 aromatic rings. The number of hydrogen-bond donors (Lipinski definition) is 0. The Labute approximate surface area is 152 Å². The highest BCUT2D eigenvalue weighted by Crippen LogP contribution is 2.30. The van der Waals surface area contributed by atoms with Gasteiger partial charge in [-0.05, 0) is 76.1 Å². The highest BCUT2D eigenvalue weighted by Gasteiger charge is 2.09. The van der Waals surface area contributed by atoms with Crippen molar-refractivity contribution in [2.24, 2.45) is 5.16 Å². The van der Waals surface area contributed by atoms with Crippen LogP contribution in [-0.2, 0) is 11.3 Å². The van der Waals surface area contributed by atoms with Crippen LogP contribution in [0.1, 0.15) is 57.6 Å². The Kier molecular flexibility index (Phi) is 10.5. The van der Waals surface area contributed by atoms with Crippen LogP contribution in [0, 0.1) is 6.92 Å². The molecule has 1 aromatic carbocycles. The van der Waals surface area contributed by atoms with Crippen molar-refractivity contribution in [3.8, 4) is 11.5 Å². The first-order valence-corrected chi connectivity index (χ1v) is 9.21. The fourth-order valence-electron chi connectivity index (χ4n) is 2.49. The predicted molar refractivity (Wildman–Crippen MR) is 105 cm³/mol. The van der Waals surface area contributed by atoms with Crippen molar-refractivity contribution in [3.63, 3.8) is 0 Å². The Balaban J connectivity index is 2.34. The van der Waals surface area contributed by atoms with Crippen LogP contribution in [0.5, 0.6) is 11.5 Å². The zero-order chi connectivity index (χ0) is 18.5. The first kappa shape index (κ1) is 21.1. The molecule has 140 valence electrons. The molecule has 25 heavy (non-hydrogen) atoms. The lowest BCUT2D eigenvalue weighted by molar-refractivity contribution is 0.139. The molecule has 0 unspecified atom stereocenters. The van der Waals surface area contributed by atoms with Crippen LogP contribution in [0.3, 0.4) is 0 Å².